The van der Waals surface area contributed by atoms with Crippen molar-refractivity contribution in [1.29, 1.82) is 0 Å². The van der Waals surface area contributed by atoms with E-state index in [1.807, 2.05) is 38.1 Å². The van der Waals surface area contributed by atoms with Crippen molar-refractivity contribution < 1.29 is 4.74 Å². The van der Waals surface area contributed by atoms with Crippen molar-refractivity contribution in [2.75, 3.05) is 13.7 Å². The molecule has 0 saturated carbocycles. The fourth-order valence-corrected chi connectivity index (χ4v) is 1.82. The lowest BCUT2D eigenvalue weighted by Gasteiger charge is -2.16. The van der Waals surface area contributed by atoms with Crippen LogP contribution in [0.4, 0.5) is 0 Å². The second-order valence-electron chi connectivity index (χ2n) is 4.27. The molecule has 0 saturated heterocycles. The van der Waals surface area contributed by atoms with E-state index in [9.17, 15) is 0 Å². The molecule has 0 aliphatic heterocycles. The van der Waals surface area contributed by atoms with Crippen LogP contribution in [0.3, 0.4) is 0 Å². The zero-order valence-corrected chi connectivity index (χ0v) is 11.7. The Bertz CT molecular complexity index is 407. The summed E-state index contributed by atoms with van der Waals surface area (Å²) >= 11 is 6.12. The molecule has 0 heterocycles. The number of nitrogens with one attached hydrogen (secondary N) is 1. The molecule has 0 aromatic heterocycles. The standard InChI is InChI=1S/C13H20ClN3O/c1-9(2)17-13(15)16-8-12(18-3)10-6-4-5-7-11(10)14/h4-7,9,12H,8H2,1-3H3,(H3,15,16,17). The van der Waals surface area contributed by atoms with Gasteiger partial charge < -0.3 is 15.8 Å². The highest BCUT2D eigenvalue weighted by atomic mass is 35.5. The molecular weight excluding hydrogens is 250 g/mol. The van der Waals surface area contributed by atoms with Gasteiger partial charge in [-0.1, -0.05) is 29.8 Å². The van der Waals surface area contributed by atoms with Crippen LogP contribution in [0.1, 0.15) is 25.5 Å². The first-order valence-electron chi connectivity index (χ1n) is 5.88. The first-order chi connectivity index (χ1) is 8.54. The van der Waals surface area contributed by atoms with Gasteiger partial charge in [-0.15, -0.1) is 0 Å². The largest absolute Gasteiger partial charge is 0.375 e. The molecule has 5 heteroatoms. The number of nitrogens with two attached hydrogens (primary N) is 1. The van der Waals surface area contributed by atoms with Gasteiger partial charge in [0.15, 0.2) is 5.96 Å². The monoisotopic (exact) mass is 269 g/mol. The number of rotatable bonds is 5. The van der Waals surface area contributed by atoms with Crippen molar-refractivity contribution in [3.8, 4) is 0 Å². The summed E-state index contributed by atoms with van der Waals surface area (Å²) in [6.45, 7) is 4.44. The normalized spacial score (nSPS) is 13.7. The van der Waals surface area contributed by atoms with Crippen molar-refractivity contribution in [2.24, 2.45) is 10.7 Å². The van der Waals surface area contributed by atoms with Crippen LogP contribution in [0, 0.1) is 0 Å². The van der Waals surface area contributed by atoms with Gasteiger partial charge in [-0.3, -0.25) is 4.99 Å². The molecule has 0 amide bonds. The van der Waals surface area contributed by atoms with Gasteiger partial charge in [0, 0.05) is 23.7 Å². The predicted octanol–water partition coefficient (Wildman–Crippen LogP) is 2.34. The van der Waals surface area contributed by atoms with Crippen LogP contribution in [0.5, 0.6) is 0 Å². The summed E-state index contributed by atoms with van der Waals surface area (Å²) in [4.78, 5) is 4.25. The Morgan fingerprint density at radius 1 is 1.44 bits per heavy atom. The Balaban J connectivity index is 2.71. The Kier molecular flexibility index (Phi) is 5.95. The van der Waals surface area contributed by atoms with Crippen molar-refractivity contribution in [2.45, 2.75) is 26.0 Å². The molecule has 0 spiro atoms. The minimum Gasteiger partial charge on any atom is -0.375 e. The predicted molar refractivity (Wildman–Crippen MR) is 76.0 cm³/mol. The van der Waals surface area contributed by atoms with Gasteiger partial charge in [-0.2, -0.15) is 0 Å². The van der Waals surface area contributed by atoms with E-state index >= 15 is 0 Å². The number of guanidine groups is 1. The zero-order valence-electron chi connectivity index (χ0n) is 11.0. The maximum atomic E-state index is 6.12. The molecule has 0 bridgehead atoms. The van der Waals surface area contributed by atoms with Crippen LogP contribution in [-0.4, -0.2) is 25.7 Å². The minimum atomic E-state index is -0.189. The molecule has 1 rings (SSSR count). The average Bonchev–Trinajstić information content (AvgIpc) is 2.31. The third-order valence-electron chi connectivity index (χ3n) is 2.40. The number of nitrogens with zero attached hydrogens (tertiary/aromatic N) is 1. The number of benzene rings is 1. The first-order valence-corrected chi connectivity index (χ1v) is 6.26. The van der Waals surface area contributed by atoms with E-state index in [1.165, 1.54) is 0 Å². The first kappa shape index (κ1) is 14.8. The topological polar surface area (TPSA) is 59.6 Å². The highest BCUT2D eigenvalue weighted by molar-refractivity contribution is 6.31. The van der Waals surface area contributed by atoms with Crippen LogP contribution in [0.15, 0.2) is 29.3 Å². The highest BCUT2D eigenvalue weighted by Gasteiger charge is 2.13. The van der Waals surface area contributed by atoms with E-state index in [-0.39, 0.29) is 12.1 Å². The number of hydrogen-bond acceptors (Lipinski definition) is 2. The van der Waals surface area contributed by atoms with Crippen molar-refractivity contribution in [3.05, 3.63) is 34.9 Å². The van der Waals surface area contributed by atoms with Gasteiger partial charge in [-0.05, 0) is 19.9 Å². The lowest BCUT2D eigenvalue weighted by atomic mass is 10.1. The average molecular weight is 270 g/mol. The Labute approximate surface area is 113 Å². The summed E-state index contributed by atoms with van der Waals surface area (Å²) in [7, 11) is 1.63. The van der Waals surface area contributed by atoms with Gasteiger partial charge >= 0.3 is 0 Å². The fraction of sp³-hybridized carbons (Fsp3) is 0.462. The van der Waals surface area contributed by atoms with Crippen LogP contribution >= 0.6 is 11.6 Å². The molecule has 0 fully saturated rings. The second-order valence-corrected chi connectivity index (χ2v) is 4.68. The van der Waals surface area contributed by atoms with Gasteiger partial charge in [0.2, 0.25) is 0 Å². The Morgan fingerprint density at radius 2 is 2.11 bits per heavy atom. The summed E-state index contributed by atoms with van der Waals surface area (Å²) in [5.74, 6) is 0.416. The molecule has 4 nitrogen and oxygen atoms in total. The van der Waals surface area contributed by atoms with Gasteiger partial charge in [-0.25, -0.2) is 0 Å². The maximum absolute atomic E-state index is 6.12. The van der Waals surface area contributed by atoms with E-state index in [4.69, 9.17) is 22.1 Å². The summed E-state index contributed by atoms with van der Waals surface area (Å²) in [6, 6.07) is 7.83. The molecule has 1 aromatic carbocycles. The second kappa shape index (κ2) is 7.24. The number of methoxy groups -OCH3 is 1. The molecule has 100 valence electrons. The van der Waals surface area contributed by atoms with Crippen LogP contribution in [-0.2, 0) is 4.74 Å². The number of hydrogen-bond donors (Lipinski definition) is 2. The van der Waals surface area contributed by atoms with Gasteiger partial charge in [0.25, 0.3) is 0 Å². The quantitative estimate of drug-likeness (QED) is 0.637. The van der Waals surface area contributed by atoms with Gasteiger partial charge in [0.1, 0.15) is 6.10 Å². The highest BCUT2D eigenvalue weighted by Crippen LogP contribution is 2.24. The molecular formula is C13H20ClN3O. The Hall–Kier alpha value is -1.26. The zero-order chi connectivity index (χ0) is 13.5. The molecule has 1 atom stereocenters. The third-order valence-corrected chi connectivity index (χ3v) is 2.74. The molecule has 1 aromatic rings. The molecule has 0 aliphatic carbocycles. The van der Waals surface area contributed by atoms with Crippen LogP contribution < -0.4 is 11.1 Å². The van der Waals surface area contributed by atoms with Crippen LogP contribution in [0.25, 0.3) is 0 Å². The maximum Gasteiger partial charge on any atom is 0.188 e. The molecule has 0 aliphatic rings. The summed E-state index contributed by atoms with van der Waals surface area (Å²) in [5, 5.41) is 3.70. The number of halogens is 1. The van der Waals surface area contributed by atoms with Gasteiger partial charge in [0.05, 0.1) is 6.54 Å². The lowest BCUT2D eigenvalue weighted by Crippen LogP contribution is -2.37. The summed E-state index contributed by atoms with van der Waals surface area (Å²) in [5.41, 5.74) is 6.66. The number of ether oxygens (including phenoxy) is 1. The smallest absolute Gasteiger partial charge is 0.188 e. The molecule has 1 unspecified atom stereocenters. The summed E-state index contributed by atoms with van der Waals surface area (Å²) < 4.78 is 5.40. The summed E-state index contributed by atoms with van der Waals surface area (Å²) in [6.07, 6.45) is -0.189. The Morgan fingerprint density at radius 3 is 2.67 bits per heavy atom. The van der Waals surface area contributed by atoms with Crippen LogP contribution in [0.2, 0.25) is 5.02 Å². The van der Waals surface area contributed by atoms with E-state index in [0.29, 0.717) is 17.5 Å². The van der Waals surface area contributed by atoms with Crippen molar-refractivity contribution in [1.82, 2.24) is 5.32 Å². The van der Waals surface area contributed by atoms with Crippen molar-refractivity contribution in [3.63, 3.8) is 0 Å². The molecule has 18 heavy (non-hydrogen) atoms. The third kappa shape index (κ3) is 4.55. The van der Waals surface area contributed by atoms with E-state index in [0.717, 1.165) is 5.56 Å². The number of aliphatic imine (C=N–C) groups is 1. The fourth-order valence-electron chi connectivity index (χ4n) is 1.56. The SMILES string of the molecule is COC(CN=C(N)NC(C)C)c1ccccc1Cl. The van der Waals surface area contributed by atoms with Crippen molar-refractivity contribution >= 4 is 17.6 Å². The minimum absolute atomic E-state index is 0.189. The van der Waals surface area contributed by atoms with E-state index in [2.05, 4.69) is 10.3 Å². The van der Waals surface area contributed by atoms with E-state index < -0.39 is 0 Å². The lowest BCUT2D eigenvalue weighted by molar-refractivity contribution is 0.111. The molecule has 3 N–H and O–H groups in total. The van der Waals surface area contributed by atoms with E-state index in [1.54, 1.807) is 7.11 Å². The molecule has 0 radical (unpaired) electrons.